The number of ether oxygens (including phenoxy) is 1. The second kappa shape index (κ2) is 8.56. The second-order valence-corrected chi connectivity index (χ2v) is 5.58. The number of halogens is 1. The van der Waals surface area contributed by atoms with Gasteiger partial charge in [-0.1, -0.05) is 24.6 Å². The zero-order valence-electron chi connectivity index (χ0n) is 13.6. The summed E-state index contributed by atoms with van der Waals surface area (Å²) in [5.41, 5.74) is 7.65. The van der Waals surface area contributed by atoms with E-state index in [1.807, 2.05) is 69.3 Å². The predicted molar refractivity (Wildman–Crippen MR) is 96.4 cm³/mol. The van der Waals surface area contributed by atoms with Crippen LogP contribution in [0.5, 0.6) is 11.5 Å². The summed E-state index contributed by atoms with van der Waals surface area (Å²) >= 11 is 0. The Bertz CT molecular complexity index is 624. The monoisotopic (exact) mass is 334 g/mol. The fourth-order valence-corrected chi connectivity index (χ4v) is 1.84. The fourth-order valence-electron chi connectivity index (χ4n) is 1.84. The second-order valence-electron chi connectivity index (χ2n) is 5.58. The third-order valence-corrected chi connectivity index (χ3v) is 3.58. The predicted octanol–water partition coefficient (Wildman–Crippen LogP) is 4.13. The Morgan fingerprint density at radius 2 is 1.48 bits per heavy atom. The van der Waals surface area contributed by atoms with E-state index in [1.165, 1.54) is 5.56 Å². The van der Waals surface area contributed by atoms with Gasteiger partial charge in [0.15, 0.2) is 0 Å². The van der Waals surface area contributed by atoms with Crippen molar-refractivity contribution in [1.82, 2.24) is 0 Å². The Labute approximate surface area is 143 Å². The van der Waals surface area contributed by atoms with Crippen LogP contribution in [-0.2, 0) is 4.79 Å². The molecule has 4 nitrogen and oxygen atoms in total. The summed E-state index contributed by atoms with van der Waals surface area (Å²) < 4.78 is 5.75. The molecule has 0 aliphatic carbocycles. The number of rotatable bonds is 5. The van der Waals surface area contributed by atoms with Gasteiger partial charge < -0.3 is 15.8 Å². The van der Waals surface area contributed by atoms with Crippen molar-refractivity contribution in [2.24, 2.45) is 11.7 Å². The molecule has 0 aliphatic heterocycles. The van der Waals surface area contributed by atoms with Gasteiger partial charge in [-0.2, -0.15) is 0 Å². The molecule has 0 saturated carbocycles. The SMILES string of the molecule is Cc1ccc(Oc2ccc(NC(=O)C(C)C(C)N)cc2)cc1.Cl. The van der Waals surface area contributed by atoms with E-state index in [0.717, 1.165) is 17.2 Å². The summed E-state index contributed by atoms with van der Waals surface area (Å²) in [4.78, 5) is 11.9. The largest absolute Gasteiger partial charge is 0.457 e. The van der Waals surface area contributed by atoms with Crippen molar-refractivity contribution in [2.75, 3.05) is 5.32 Å². The number of benzene rings is 2. The molecule has 2 aromatic rings. The Kier molecular flexibility index (Phi) is 7.07. The molecule has 23 heavy (non-hydrogen) atoms. The van der Waals surface area contributed by atoms with Gasteiger partial charge in [-0.05, 0) is 50.2 Å². The average Bonchev–Trinajstić information content (AvgIpc) is 2.50. The van der Waals surface area contributed by atoms with Crippen LogP contribution in [0.4, 0.5) is 5.69 Å². The summed E-state index contributed by atoms with van der Waals surface area (Å²) in [6.45, 7) is 5.67. The maximum Gasteiger partial charge on any atom is 0.228 e. The zero-order valence-corrected chi connectivity index (χ0v) is 14.4. The maximum atomic E-state index is 11.9. The van der Waals surface area contributed by atoms with E-state index in [0.29, 0.717) is 0 Å². The van der Waals surface area contributed by atoms with E-state index in [1.54, 1.807) is 0 Å². The van der Waals surface area contributed by atoms with Crippen molar-refractivity contribution in [1.29, 1.82) is 0 Å². The molecule has 0 fully saturated rings. The molecule has 0 bridgehead atoms. The van der Waals surface area contributed by atoms with Gasteiger partial charge >= 0.3 is 0 Å². The van der Waals surface area contributed by atoms with Crippen LogP contribution in [0.2, 0.25) is 0 Å². The molecule has 2 atom stereocenters. The van der Waals surface area contributed by atoms with Gasteiger partial charge in [-0.15, -0.1) is 12.4 Å². The van der Waals surface area contributed by atoms with Crippen LogP contribution in [0.1, 0.15) is 19.4 Å². The number of amides is 1. The first-order valence-corrected chi connectivity index (χ1v) is 7.37. The van der Waals surface area contributed by atoms with E-state index in [-0.39, 0.29) is 30.3 Å². The molecule has 0 aliphatic rings. The van der Waals surface area contributed by atoms with E-state index < -0.39 is 0 Å². The number of anilines is 1. The molecular weight excluding hydrogens is 312 g/mol. The van der Waals surface area contributed by atoms with Gasteiger partial charge in [0, 0.05) is 11.7 Å². The quantitative estimate of drug-likeness (QED) is 0.864. The van der Waals surface area contributed by atoms with Gasteiger partial charge in [0.05, 0.1) is 5.92 Å². The van der Waals surface area contributed by atoms with E-state index in [2.05, 4.69) is 5.32 Å². The van der Waals surface area contributed by atoms with Crippen molar-refractivity contribution in [3.8, 4) is 11.5 Å². The molecule has 0 aromatic heterocycles. The number of nitrogens with two attached hydrogens (primary N) is 1. The minimum absolute atomic E-state index is 0. The number of aryl methyl sites for hydroxylation is 1. The standard InChI is InChI=1S/C18H22N2O2.ClH/c1-12-4-8-16(9-5-12)22-17-10-6-15(7-11-17)20-18(21)13(2)14(3)19;/h4-11,13-14H,19H2,1-3H3,(H,20,21);1H. The smallest absolute Gasteiger partial charge is 0.228 e. The van der Waals surface area contributed by atoms with Crippen LogP contribution < -0.4 is 15.8 Å². The van der Waals surface area contributed by atoms with Crippen molar-refractivity contribution in [2.45, 2.75) is 26.8 Å². The van der Waals surface area contributed by atoms with Crippen LogP contribution in [0, 0.1) is 12.8 Å². The highest BCUT2D eigenvalue weighted by atomic mass is 35.5. The van der Waals surface area contributed by atoms with E-state index in [9.17, 15) is 4.79 Å². The molecule has 0 spiro atoms. The molecular formula is C18H23ClN2O2. The molecule has 0 saturated heterocycles. The Balaban J connectivity index is 0.00000264. The maximum absolute atomic E-state index is 11.9. The summed E-state index contributed by atoms with van der Waals surface area (Å²) in [7, 11) is 0. The van der Waals surface area contributed by atoms with Crippen LogP contribution >= 0.6 is 12.4 Å². The van der Waals surface area contributed by atoms with Crippen molar-refractivity contribution >= 4 is 24.0 Å². The van der Waals surface area contributed by atoms with Gasteiger partial charge in [-0.25, -0.2) is 0 Å². The fraction of sp³-hybridized carbons (Fsp3) is 0.278. The Morgan fingerprint density at radius 1 is 1.00 bits per heavy atom. The summed E-state index contributed by atoms with van der Waals surface area (Å²) in [5.74, 6) is 1.20. The Morgan fingerprint density at radius 3 is 1.96 bits per heavy atom. The molecule has 0 heterocycles. The van der Waals surface area contributed by atoms with Crippen molar-refractivity contribution < 1.29 is 9.53 Å². The molecule has 2 aromatic carbocycles. The Hall–Kier alpha value is -2.04. The topological polar surface area (TPSA) is 64.3 Å². The number of nitrogens with one attached hydrogen (secondary N) is 1. The lowest BCUT2D eigenvalue weighted by Crippen LogP contribution is -2.34. The summed E-state index contributed by atoms with van der Waals surface area (Å²) in [6.07, 6.45) is 0. The van der Waals surface area contributed by atoms with Crippen LogP contribution in [0.3, 0.4) is 0 Å². The highest BCUT2D eigenvalue weighted by Gasteiger charge is 2.16. The first-order chi connectivity index (χ1) is 10.5. The molecule has 5 heteroatoms. The van der Waals surface area contributed by atoms with Crippen LogP contribution in [0.15, 0.2) is 48.5 Å². The lowest BCUT2D eigenvalue weighted by molar-refractivity contribution is -0.119. The summed E-state index contributed by atoms with van der Waals surface area (Å²) in [5, 5.41) is 2.85. The molecule has 2 rings (SSSR count). The van der Waals surface area contributed by atoms with Gasteiger partial charge in [0.2, 0.25) is 5.91 Å². The number of carbonyl (C=O) groups is 1. The van der Waals surface area contributed by atoms with Crippen LogP contribution in [-0.4, -0.2) is 11.9 Å². The molecule has 3 N–H and O–H groups in total. The normalized spacial score (nSPS) is 12.7. The number of hydrogen-bond donors (Lipinski definition) is 2. The highest BCUT2D eigenvalue weighted by Crippen LogP contribution is 2.23. The van der Waals surface area contributed by atoms with Crippen LogP contribution in [0.25, 0.3) is 0 Å². The van der Waals surface area contributed by atoms with Crippen molar-refractivity contribution in [3.05, 3.63) is 54.1 Å². The number of hydrogen-bond acceptors (Lipinski definition) is 3. The highest BCUT2D eigenvalue weighted by molar-refractivity contribution is 5.92. The average molecular weight is 335 g/mol. The van der Waals surface area contributed by atoms with Gasteiger partial charge in [0.25, 0.3) is 0 Å². The molecule has 0 radical (unpaired) electrons. The first-order valence-electron chi connectivity index (χ1n) is 7.37. The summed E-state index contributed by atoms with van der Waals surface area (Å²) in [6, 6.07) is 15.0. The minimum atomic E-state index is -0.233. The number of carbonyl (C=O) groups excluding carboxylic acids is 1. The van der Waals surface area contributed by atoms with E-state index >= 15 is 0 Å². The molecule has 2 unspecified atom stereocenters. The molecule has 124 valence electrons. The van der Waals surface area contributed by atoms with Crippen molar-refractivity contribution in [3.63, 3.8) is 0 Å². The first kappa shape index (κ1) is 19.0. The third kappa shape index (κ3) is 5.58. The molecule has 1 amide bonds. The third-order valence-electron chi connectivity index (χ3n) is 3.58. The minimum Gasteiger partial charge on any atom is -0.457 e. The van der Waals surface area contributed by atoms with Gasteiger partial charge in [-0.3, -0.25) is 4.79 Å². The lowest BCUT2D eigenvalue weighted by atomic mass is 10.0. The lowest BCUT2D eigenvalue weighted by Gasteiger charge is -2.15. The zero-order chi connectivity index (χ0) is 16.1. The van der Waals surface area contributed by atoms with Gasteiger partial charge in [0.1, 0.15) is 11.5 Å². The van der Waals surface area contributed by atoms with E-state index in [4.69, 9.17) is 10.5 Å².